The lowest BCUT2D eigenvalue weighted by atomic mass is 9.85. The van der Waals surface area contributed by atoms with E-state index in [1.54, 1.807) is 6.07 Å². The minimum Gasteiger partial charge on any atom is -0.339 e. The molecule has 28 heavy (non-hydrogen) atoms. The molecule has 0 spiro atoms. The zero-order chi connectivity index (χ0) is 20.4. The summed E-state index contributed by atoms with van der Waals surface area (Å²) in [6.45, 7) is 5.50. The van der Waals surface area contributed by atoms with Gasteiger partial charge in [-0.3, -0.25) is 4.79 Å². The van der Waals surface area contributed by atoms with Gasteiger partial charge in [0.05, 0.1) is 5.56 Å². The number of nitrogens with zero attached hydrogens (tertiary/aromatic N) is 1. The lowest BCUT2D eigenvalue weighted by Gasteiger charge is -2.40. The van der Waals surface area contributed by atoms with Gasteiger partial charge in [-0.1, -0.05) is 38.1 Å². The molecule has 0 aromatic heterocycles. The summed E-state index contributed by atoms with van der Waals surface area (Å²) in [5.41, 5.74) is 0.0788. The van der Waals surface area contributed by atoms with Gasteiger partial charge in [0.1, 0.15) is 0 Å². The summed E-state index contributed by atoms with van der Waals surface area (Å²) in [5, 5.41) is 0. The molecule has 0 N–H and O–H groups in total. The van der Waals surface area contributed by atoms with Crippen molar-refractivity contribution in [2.45, 2.75) is 42.5 Å². The summed E-state index contributed by atoms with van der Waals surface area (Å²) in [6, 6.07) is 14.8. The van der Waals surface area contributed by atoms with E-state index < -0.39 is 11.7 Å². The molecule has 2 aromatic carbocycles. The highest BCUT2D eigenvalue weighted by Crippen LogP contribution is 2.43. The number of piperidine rings is 1. The van der Waals surface area contributed by atoms with E-state index in [2.05, 4.69) is 13.8 Å². The number of likely N-dealkylation sites (tertiary alicyclic amines) is 1. The summed E-state index contributed by atoms with van der Waals surface area (Å²) in [5.74, 6) is 0.370. The first-order valence-corrected chi connectivity index (χ1v) is 10.2. The second-order valence-electron chi connectivity index (χ2n) is 7.66. The number of hydrogen-bond acceptors (Lipinski definition) is 2. The smallest absolute Gasteiger partial charge is 0.339 e. The van der Waals surface area contributed by atoms with E-state index in [0.717, 1.165) is 18.9 Å². The SMILES string of the molecule is CC(C)(Sc1cccc(C(F)(F)F)c1)C1CCN(C(=O)c2ccccc2)CC1. The molecule has 1 amide bonds. The molecule has 0 bridgehead atoms. The molecule has 0 unspecified atom stereocenters. The molecule has 0 radical (unpaired) electrons. The van der Waals surface area contributed by atoms with Crippen LogP contribution in [0.25, 0.3) is 0 Å². The predicted octanol–water partition coefficient (Wildman–Crippen LogP) is 6.13. The van der Waals surface area contributed by atoms with Crippen molar-refractivity contribution < 1.29 is 18.0 Å². The predicted molar refractivity (Wildman–Crippen MR) is 106 cm³/mol. The first kappa shape index (κ1) is 20.8. The van der Waals surface area contributed by atoms with E-state index in [9.17, 15) is 18.0 Å². The maximum absolute atomic E-state index is 13.0. The van der Waals surface area contributed by atoms with Crippen molar-refractivity contribution in [1.82, 2.24) is 4.90 Å². The number of carbonyl (C=O) groups excluding carboxylic acids is 1. The molecule has 6 heteroatoms. The average Bonchev–Trinajstić information content (AvgIpc) is 2.67. The second kappa shape index (κ2) is 8.19. The van der Waals surface area contributed by atoms with Crippen LogP contribution >= 0.6 is 11.8 Å². The number of carbonyl (C=O) groups is 1. The molecular weight excluding hydrogens is 383 g/mol. The van der Waals surface area contributed by atoms with Crippen molar-refractivity contribution in [3.8, 4) is 0 Å². The number of amides is 1. The molecule has 3 rings (SSSR count). The third-order valence-electron chi connectivity index (χ3n) is 5.33. The average molecular weight is 408 g/mol. The number of alkyl halides is 3. The maximum Gasteiger partial charge on any atom is 0.416 e. The highest BCUT2D eigenvalue weighted by Gasteiger charge is 2.36. The van der Waals surface area contributed by atoms with Gasteiger partial charge in [0, 0.05) is 28.3 Å². The van der Waals surface area contributed by atoms with Crippen LogP contribution in [0.3, 0.4) is 0 Å². The summed E-state index contributed by atoms with van der Waals surface area (Å²) in [7, 11) is 0. The van der Waals surface area contributed by atoms with Gasteiger partial charge in [-0.05, 0) is 49.1 Å². The molecule has 0 aliphatic carbocycles. The molecular formula is C22H24F3NOS. The minimum atomic E-state index is -4.33. The molecule has 150 valence electrons. The molecule has 0 atom stereocenters. The van der Waals surface area contributed by atoms with Crippen molar-refractivity contribution in [3.05, 3.63) is 65.7 Å². The fourth-order valence-electron chi connectivity index (χ4n) is 3.66. The number of benzene rings is 2. The van der Waals surface area contributed by atoms with Gasteiger partial charge < -0.3 is 4.90 Å². The van der Waals surface area contributed by atoms with Gasteiger partial charge >= 0.3 is 6.18 Å². The Morgan fingerprint density at radius 3 is 2.25 bits per heavy atom. The Balaban J connectivity index is 1.62. The van der Waals surface area contributed by atoms with E-state index in [1.165, 1.54) is 23.9 Å². The Bertz CT molecular complexity index is 812. The van der Waals surface area contributed by atoms with Crippen molar-refractivity contribution in [2.75, 3.05) is 13.1 Å². The van der Waals surface area contributed by atoms with Crippen molar-refractivity contribution >= 4 is 17.7 Å². The monoisotopic (exact) mass is 407 g/mol. The molecule has 1 heterocycles. The minimum absolute atomic E-state index is 0.0439. The van der Waals surface area contributed by atoms with Crippen LogP contribution in [0.4, 0.5) is 13.2 Å². The Kier molecular flexibility index (Phi) is 6.08. The van der Waals surface area contributed by atoms with Crippen molar-refractivity contribution in [1.29, 1.82) is 0 Å². The molecule has 1 saturated heterocycles. The molecule has 1 aliphatic rings. The van der Waals surface area contributed by atoms with E-state index in [-0.39, 0.29) is 10.7 Å². The third-order valence-corrected chi connectivity index (χ3v) is 6.68. The summed E-state index contributed by atoms with van der Waals surface area (Å²) in [4.78, 5) is 15.1. The highest BCUT2D eigenvalue weighted by atomic mass is 32.2. The summed E-state index contributed by atoms with van der Waals surface area (Å²) >= 11 is 1.49. The Morgan fingerprint density at radius 2 is 1.64 bits per heavy atom. The first-order chi connectivity index (χ1) is 13.2. The highest BCUT2D eigenvalue weighted by molar-refractivity contribution is 8.00. The normalized spacial score (nSPS) is 16.2. The first-order valence-electron chi connectivity index (χ1n) is 9.37. The molecule has 2 aromatic rings. The van der Waals surface area contributed by atoms with Crippen LogP contribution in [0.1, 0.15) is 42.6 Å². The van der Waals surface area contributed by atoms with Crippen molar-refractivity contribution in [3.63, 3.8) is 0 Å². The van der Waals surface area contributed by atoms with Crippen LogP contribution in [0.15, 0.2) is 59.5 Å². The largest absolute Gasteiger partial charge is 0.416 e. The fraction of sp³-hybridized carbons (Fsp3) is 0.409. The summed E-state index contributed by atoms with van der Waals surface area (Å²) < 4.78 is 38.7. The van der Waals surface area contributed by atoms with Gasteiger partial charge in [-0.15, -0.1) is 11.8 Å². The van der Waals surface area contributed by atoms with Crippen LogP contribution in [-0.4, -0.2) is 28.6 Å². The van der Waals surface area contributed by atoms with Gasteiger partial charge in [0.15, 0.2) is 0 Å². The molecule has 2 nitrogen and oxygen atoms in total. The van der Waals surface area contributed by atoms with Crippen LogP contribution < -0.4 is 0 Å². The Morgan fingerprint density at radius 1 is 1.00 bits per heavy atom. The van der Waals surface area contributed by atoms with Crippen LogP contribution in [0.2, 0.25) is 0 Å². The topological polar surface area (TPSA) is 20.3 Å². The second-order valence-corrected chi connectivity index (χ2v) is 9.39. The molecule has 1 fully saturated rings. The molecule has 1 aliphatic heterocycles. The van der Waals surface area contributed by atoms with Crippen LogP contribution in [-0.2, 0) is 6.18 Å². The van der Waals surface area contributed by atoms with Gasteiger partial charge in [-0.25, -0.2) is 0 Å². The maximum atomic E-state index is 13.0. The lowest BCUT2D eigenvalue weighted by Crippen LogP contribution is -2.43. The van der Waals surface area contributed by atoms with E-state index in [0.29, 0.717) is 29.5 Å². The van der Waals surface area contributed by atoms with E-state index in [1.807, 2.05) is 35.2 Å². The van der Waals surface area contributed by atoms with E-state index >= 15 is 0 Å². The third kappa shape index (κ3) is 4.90. The summed E-state index contributed by atoms with van der Waals surface area (Å²) in [6.07, 6.45) is -2.64. The number of hydrogen-bond donors (Lipinski definition) is 0. The van der Waals surface area contributed by atoms with Crippen LogP contribution in [0.5, 0.6) is 0 Å². The van der Waals surface area contributed by atoms with Crippen LogP contribution in [0, 0.1) is 5.92 Å². The van der Waals surface area contributed by atoms with Gasteiger partial charge in [0.2, 0.25) is 0 Å². The number of thioether (sulfide) groups is 1. The number of halogens is 3. The van der Waals surface area contributed by atoms with Gasteiger partial charge in [-0.2, -0.15) is 13.2 Å². The zero-order valence-corrected chi connectivity index (χ0v) is 16.8. The van der Waals surface area contributed by atoms with Crippen molar-refractivity contribution in [2.24, 2.45) is 5.92 Å². The fourth-order valence-corrected chi connectivity index (χ4v) is 5.01. The number of rotatable bonds is 4. The standard InChI is InChI=1S/C22H24F3NOS/c1-21(2,28-19-10-6-9-18(15-19)22(23,24)25)17-11-13-26(14-12-17)20(27)16-7-4-3-5-8-16/h3-10,15,17H,11-14H2,1-2H3. The lowest BCUT2D eigenvalue weighted by molar-refractivity contribution is -0.137. The Labute approximate surface area is 168 Å². The zero-order valence-electron chi connectivity index (χ0n) is 16.0. The van der Waals surface area contributed by atoms with Gasteiger partial charge in [0.25, 0.3) is 5.91 Å². The quantitative estimate of drug-likeness (QED) is 0.569. The Hall–Kier alpha value is -1.95. The molecule has 0 saturated carbocycles. The van der Waals surface area contributed by atoms with E-state index in [4.69, 9.17) is 0 Å².